The average Bonchev–Trinajstić information content (AvgIpc) is 2.98. The van der Waals surface area contributed by atoms with Crippen LogP contribution in [0.1, 0.15) is 52.4 Å². The van der Waals surface area contributed by atoms with Gasteiger partial charge in [0.15, 0.2) is 11.5 Å². The summed E-state index contributed by atoms with van der Waals surface area (Å²) in [6.45, 7) is 6.47. The molecule has 1 aliphatic rings. The second-order valence-corrected chi connectivity index (χ2v) is 10.8. The van der Waals surface area contributed by atoms with Crippen LogP contribution < -0.4 is 19.7 Å². The van der Waals surface area contributed by atoms with Crippen LogP contribution in [0.15, 0.2) is 65.6 Å². The van der Waals surface area contributed by atoms with Gasteiger partial charge in [-0.2, -0.15) is 0 Å². The summed E-state index contributed by atoms with van der Waals surface area (Å²) in [6.07, 6.45) is 2.82. The summed E-state index contributed by atoms with van der Waals surface area (Å²) in [7, 11) is 4.86. The molecule has 212 valence electrons. The summed E-state index contributed by atoms with van der Waals surface area (Å²) in [6, 6.07) is 19.5. The van der Waals surface area contributed by atoms with E-state index in [0.29, 0.717) is 29.2 Å². The molecule has 0 radical (unpaired) electrons. The molecule has 0 fully saturated rings. The molecule has 0 saturated heterocycles. The minimum atomic E-state index is -0.614. The van der Waals surface area contributed by atoms with Crippen molar-refractivity contribution in [2.75, 3.05) is 52.1 Å². The Balaban J connectivity index is 1.61. The van der Waals surface area contributed by atoms with Gasteiger partial charge in [-0.3, -0.25) is 9.59 Å². The number of rotatable bonds is 11. The van der Waals surface area contributed by atoms with Crippen molar-refractivity contribution in [2.45, 2.75) is 37.1 Å². The molecule has 0 saturated carbocycles. The zero-order valence-corrected chi connectivity index (χ0v) is 25.0. The summed E-state index contributed by atoms with van der Waals surface area (Å²) in [5.41, 5.74) is 4.42. The highest BCUT2D eigenvalue weighted by Crippen LogP contribution is 2.45. The van der Waals surface area contributed by atoms with Crippen LogP contribution in [0.4, 0.5) is 5.69 Å². The van der Waals surface area contributed by atoms with Gasteiger partial charge in [-0.15, -0.1) is 11.8 Å². The Kier molecular flexibility index (Phi) is 9.63. The van der Waals surface area contributed by atoms with Gasteiger partial charge in [0.05, 0.1) is 26.2 Å². The molecular formula is C32H39N3O4S. The van der Waals surface area contributed by atoms with E-state index in [9.17, 15) is 9.59 Å². The van der Waals surface area contributed by atoms with Crippen LogP contribution in [0.25, 0.3) is 0 Å². The van der Waals surface area contributed by atoms with Gasteiger partial charge in [0.25, 0.3) is 5.91 Å². The fraction of sp³-hybridized carbons (Fsp3) is 0.375. The predicted molar refractivity (Wildman–Crippen MR) is 162 cm³/mol. The molecule has 1 N–H and O–H groups in total. The number of nitrogens with zero attached hydrogens (tertiary/aromatic N) is 2. The van der Waals surface area contributed by atoms with Crippen LogP contribution in [0.3, 0.4) is 0 Å². The normalized spacial score (nSPS) is 16.4. The van der Waals surface area contributed by atoms with Gasteiger partial charge in [0.1, 0.15) is 0 Å². The van der Waals surface area contributed by atoms with Gasteiger partial charge in [0.2, 0.25) is 5.91 Å². The number of hydrogen-bond acceptors (Lipinski definition) is 6. The van der Waals surface area contributed by atoms with Crippen molar-refractivity contribution in [2.24, 2.45) is 0 Å². The van der Waals surface area contributed by atoms with E-state index >= 15 is 0 Å². The lowest BCUT2D eigenvalue weighted by molar-refractivity contribution is -0.124. The number of likely N-dealkylation sites (N-methyl/N-ethyl adjacent to an activating group) is 1. The average molecular weight is 562 g/mol. The van der Waals surface area contributed by atoms with E-state index in [0.717, 1.165) is 30.0 Å². The van der Waals surface area contributed by atoms with Gasteiger partial charge in [-0.25, -0.2) is 0 Å². The van der Waals surface area contributed by atoms with Crippen molar-refractivity contribution in [3.8, 4) is 11.5 Å². The third-order valence-electron chi connectivity index (χ3n) is 7.57. The van der Waals surface area contributed by atoms with E-state index < -0.39 is 12.0 Å². The van der Waals surface area contributed by atoms with Crippen molar-refractivity contribution in [3.05, 3.63) is 82.9 Å². The third-order valence-corrected chi connectivity index (χ3v) is 8.31. The Morgan fingerprint density at radius 1 is 1.05 bits per heavy atom. The van der Waals surface area contributed by atoms with E-state index in [1.165, 1.54) is 18.4 Å². The van der Waals surface area contributed by atoms with Gasteiger partial charge in [-0.1, -0.05) is 24.3 Å². The number of carbonyl (C=O) groups is 2. The molecule has 2 atom stereocenters. The van der Waals surface area contributed by atoms with Gasteiger partial charge in [0, 0.05) is 42.8 Å². The SMILES string of the molecule is CCN(CCCNC(=O)[C@@H]1c2cc(OC)c(OC)cc2C(=O)N(C)[C@@H]1c1ccc(SC)cc1)c1cccc(C)c1. The number of hydrogen-bond donors (Lipinski definition) is 1. The van der Waals surface area contributed by atoms with Gasteiger partial charge in [-0.05, 0) is 79.6 Å². The lowest BCUT2D eigenvalue weighted by atomic mass is 9.79. The van der Waals surface area contributed by atoms with E-state index in [4.69, 9.17) is 9.47 Å². The zero-order chi connectivity index (χ0) is 28.8. The van der Waals surface area contributed by atoms with Crippen molar-refractivity contribution < 1.29 is 19.1 Å². The van der Waals surface area contributed by atoms with E-state index in [1.54, 1.807) is 43.0 Å². The number of aryl methyl sites for hydroxylation is 1. The number of fused-ring (bicyclic) bond motifs is 1. The highest BCUT2D eigenvalue weighted by molar-refractivity contribution is 7.98. The maximum absolute atomic E-state index is 14.0. The molecule has 0 unspecified atom stereocenters. The molecule has 8 heteroatoms. The van der Waals surface area contributed by atoms with Crippen LogP contribution >= 0.6 is 11.8 Å². The lowest BCUT2D eigenvalue weighted by Crippen LogP contribution is -2.46. The first-order valence-electron chi connectivity index (χ1n) is 13.6. The Labute approximate surface area is 241 Å². The fourth-order valence-corrected chi connectivity index (χ4v) is 5.84. The van der Waals surface area contributed by atoms with Crippen LogP contribution in [-0.4, -0.2) is 63.9 Å². The molecule has 7 nitrogen and oxygen atoms in total. The topological polar surface area (TPSA) is 71.1 Å². The Morgan fingerprint density at radius 3 is 2.38 bits per heavy atom. The first kappa shape index (κ1) is 29.3. The third kappa shape index (κ3) is 6.07. The highest BCUT2D eigenvalue weighted by Gasteiger charge is 2.43. The summed E-state index contributed by atoms with van der Waals surface area (Å²) in [4.78, 5) is 32.6. The minimum absolute atomic E-state index is 0.120. The second-order valence-electron chi connectivity index (χ2n) is 9.97. The molecule has 2 amide bonds. The summed E-state index contributed by atoms with van der Waals surface area (Å²) < 4.78 is 11.0. The molecule has 0 spiro atoms. The number of anilines is 1. The molecule has 0 aliphatic carbocycles. The maximum Gasteiger partial charge on any atom is 0.254 e. The Hall–Kier alpha value is -3.65. The smallest absolute Gasteiger partial charge is 0.254 e. The largest absolute Gasteiger partial charge is 0.493 e. The number of benzene rings is 3. The van der Waals surface area contributed by atoms with Crippen LogP contribution in [0, 0.1) is 6.92 Å². The molecule has 0 bridgehead atoms. The van der Waals surface area contributed by atoms with Crippen LogP contribution in [-0.2, 0) is 4.79 Å². The standard InChI is InChI=1S/C32H39N3O4S/c1-7-35(23-11-8-10-21(2)18-23)17-9-16-33-31(36)29-25-19-27(38-4)28(39-5)20-26(25)32(37)34(3)30(29)22-12-14-24(40-6)15-13-22/h8,10-15,18-20,29-30H,7,9,16-17H2,1-6H3,(H,33,36)/t29-,30-/m1/s1. The van der Waals surface area contributed by atoms with Crippen molar-refractivity contribution in [1.82, 2.24) is 10.2 Å². The quantitative estimate of drug-likeness (QED) is 0.240. The summed E-state index contributed by atoms with van der Waals surface area (Å²) in [5, 5.41) is 3.18. The Morgan fingerprint density at radius 2 is 1.75 bits per heavy atom. The molecule has 1 heterocycles. The van der Waals surface area contributed by atoms with E-state index in [1.807, 2.05) is 30.5 Å². The maximum atomic E-state index is 14.0. The van der Waals surface area contributed by atoms with Crippen molar-refractivity contribution in [3.63, 3.8) is 0 Å². The first-order chi connectivity index (χ1) is 19.3. The lowest BCUT2D eigenvalue weighted by Gasteiger charge is -2.40. The molecular weight excluding hydrogens is 522 g/mol. The molecule has 4 rings (SSSR count). The molecule has 3 aromatic carbocycles. The predicted octanol–water partition coefficient (Wildman–Crippen LogP) is 5.68. The summed E-state index contributed by atoms with van der Waals surface area (Å²) >= 11 is 1.65. The molecule has 0 aromatic heterocycles. The van der Waals surface area contributed by atoms with Crippen LogP contribution in [0.5, 0.6) is 11.5 Å². The number of thioether (sulfide) groups is 1. The van der Waals surface area contributed by atoms with Gasteiger partial charge >= 0.3 is 0 Å². The number of ether oxygens (including phenoxy) is 2. The second kappa shape index (κ2) is 13.1. The van der Waals surface area contributed by atoms with Crippen molar-refractivity contribution in [1.29, 1.82) is 0 Å². The highest BCUT2D eigenvalue weighted by atomic mass is 32.2. The number of amides is 2. The molecule has 1 aliphatic heterocycles. The summed E-state index contributed by atoms with van der Waals surface area (Å²) in [5.74, 6) is 0.0584. The van der Waals surface area contributed by atoms with E-state index in [2.05, 4.69) is 48.3 Å². The number of carbonyl (C=O) groups excluding carboxylic acids is 2. The Bertz CT molecular complexity index is 1340. The van der Waals surface area contributed by atoms with Crippen molar-refractivity contribution >= 4 is 29.3 Å². The number of nitrogens with one attached hydrogen (secondary N) is 1. The monoisotopic (exact) mass is 561 g/mol. The molecule has 40 heavy (non-hydrogen) atoms. The van der Waals surface area contributed by atoms with Crippen LogP contribution in [0.2, 0.25) is 0 Å². The minimum Gasteiger partial charge on any atom is -0.493 e. The fourth-order valence-electron chi connectivity index (χ4n) is 5.43. The molecule has 3 aromatic rings. The first-order valence-corrected chi connectivity index (χ1v) is 14.8. The van der Waals surface area contributed by atoms with Gasteiger partial charge < -0.3 is 24.6 Å². The zero-order valence-electron chi connectivity index (χ0n) is 24.2. The van der Waals surface area contributed by atoms with E-state index in [-0.39, 0.29) is 11.8 Å². The number of methoxy groups -OCH3 is 2.